The van der Waals surface area contributed by atoms with Gasteiger partial charge in [-0.15, -0.1) is 0 Å². The van der Waals surface area contributed by atoms with Gasteiger partial charge in [-0.1, -0.05) is 30.3 Å². The summed E-state index contributed by atoms with van der Waals surface area (Å²) in [5, 5.41) is 0. The third-order valence-corrected chi connectivity index (χ3v) is 2.86. The molecule has 0 saturated heterocycles. The van der Waals surface area contributed by atoms with Crippen molar-refractivity contribution in [3.63, 3.8) is 0 Å². The molecule has 1 rings (SSSR count). The zero-order valence-electron chi connectivity index (χ0n) is 12.0. The Morgan fingerprint density at radius 1 is 0.900 bits per heavy atom. The minimum absolute atomic E-state index is 0. The maximum absolute atomic E-state index is 7.50. The molecule has 4 nitrogen and oxygen atoms in total. The van der Waals surface area contributed by atoms with Crippen LogP contribution in [0, 0.1) is 20.0 Å². The minimum atomic E-state index is -1.40. The number of benzene rings is 1. The van der Waals surface area contributed by atoms with Crippen molar-refractivity contribution in [2.45, 2.75) is 32.7 Å². The van der Waals surface area contributed by atoms with Crippen molar-refractivity contribution >= 4 is 8.32 Å². The van der Waals surface area contributed by atoms with Crippen molar-refractivity contribution < 1.29 is 35.7 Å². The summed E-state index contributed by atoms with van der Waals surface area (Å²) >= 11 is 0. The first-order chi connectivity index (χ1) is 8.99. The first-order valence-electron chi connectivity index (χ1n) is 5.33. The standard InChI is InChI=1S/C11H18OSi.3CO.Cr/c1-10(12-13(2,3)4)11-8-6-5-7-9-11;3*1-2;/h5-10H,1-4H3;;;;. The number of hydrogen-bond donors (Lipinski definition) is 0. The fourth-order valence-corrected chi connectivity index (χ4v) is 2.52. The van der Waals surface area contributed by atoms with E-state index in [4.69, 9.17) is 18.4 Å². The average molecular weight is 330 g/mol. The molecular weight excluding hydrogens is 312 g/mol. The van der Waals surface area contributed by atoms with Gasteiger partial charge in [0.1, 0.15) is 0 Å². The topological polar surface area (TPSA) is 68.9 Å². The Labute approximate surface area is 133 Å². The van der Waals surface area contributed by atoms with Gasteiger partial charge in [0, 0.05) is 17.4 Å². The number of hydrogen-bond acceptors (Lipinski definition) is 1. The summed E-state index contributed by atoms with van der Waals surface area (Å²) in [6.45, 7) is 22.3. The molecule has 1 aromatic rings. The predicted molar refractivity (Wildman–Crippen MR) is 71.1 cm³/mol. The molecule has 0 radical (unpaired) electrons. The zero-order valence-corrected chi connectivity index (χ0v) is 14.3. The molecule has 1 aromatic carbocycles. The number of rotatable bonds is 3. The van der Waals surface area contributed by atoms with Gasteiger partial charge in [0.05, 0.1) is 6.10 Å². The van der Waals surface area contributed by atoms with Crippen molar-refractivity contribution in [2.75, 3.05) is 0 Å². The molecular formula is C14H18CrO4Si. The molecule has 0 fully saturated rings. The third kappa shape index (κ3) is 17.1. The summed E-state index contributed by atoms with van der Waals surface area (Å²) in [6.07, 6.45) is 0.230. The van der Waals surface area contributed by atoms with Crippen LogP contribution >= 0.6 is 0 Å². The van der Waals surface area contributed by atoms with E-state index in [1.807, 2.05) is 6.07 Å². The van der Waals surface area contributed by atoms with Gasteiger partial charge < -0.3 is 4.43 Å². The van der Waals surface area contributed by atoms with Crippen molar-refractivity contribution in [3.8, 4) is 0 Å². The molecule has 0 saturated carbocycles. The van der Waals surface area contributed by atoms with Gasteiger partial charge in [-0.3, -0.25) is 0 Å². The van der Waals surface area contributed by atoms with E-state index in [0.717, 1.165) is 0 Å². The largest absolute Gasteiger partial charge is 0 e. The van der Waals surface area contributed by atoms with E-state index in [-0.39, 0.29) is 23.5 Å². The van der Waals surface area contributed by atoms with E-state index in [2.05, 4.69) is 70.8 Å². The third-order valence-electron chi connectivity index (χ3n) is 1.80. The van der Waals surface area contributed by atoms with Crippen LogP contribution in [0.25, 0.3) is 0 Å². The summed E-state index contributed by atoms with van der Waals surface area (Å²) < 4.78 is 28.5. The van der Waals surface area contributed by atoms with Crippen LogP contribution in [0.15, 0.2) is 30.3 Å². The van der Waals surface area contributed by atoms with E-state index in [0.29, 0.717) is 0 Å². The Morgan fingerprint density at radius 2 is 1.25 bits per heavy atom. The van der Waals surface area contributed by atoms with Gasteiger partial charge in [0.2, 0.25) is 0 Å². The van der Waals surface area contributed by atoms with Gasteiger partial charge >= 0.3 is 33.9 Å². The van der Waals surface area contributed by atoms with E-state index in [1.165, 1.54) is 5.56 Å². The minimum Gasteiger partial charge on any atom is 0 e. The normalized spacial score (nSPS) is 9.50. The molecule has 0 spiro atoms. The Kier molecular flexibility index (Phi) is 24.9. The summed E-state index contributed by atoms with van der Waals surface area (Å²) in [5.41, 5.74) is 1.27. The zero-order chi connectivity index (χ0) is 15.9. The summed E-state index contributed by atoms with van der Waals surface area (Å²) in [4.78, 5) is 0. The second-order valence-electron chi connectivity index (χ2n) is 4.28. The second kappa shape index (κ2) is 18.1. The van der Waals surface area contributed by atoms with Gasteiger partial charge in [0.15, 0.2) is 8.32 Å². The van der Waals surface area contributed by atoms with Crippen molar-refractivity contribution in [1.29, 1.82) is 0 Å². The molecule has 108 valence electrons. The van der Waals surface area contributed by atoms with Crippen molar-refractivity contribution in [1.82, 2.24) is 0 Å². The maximum Gasteiger partial charge on any atom is 0 e. The first kappa shape index (κ1) is 27.5. The molecule has 0 aromatic heterocycles. The first-order valence-corrected chi connectivity index (χ1v) is 8.74. The Bertz CT molecular complexity index is 354. The van der Waals surface area contributed by atoms with Gasteiger partial charge in [-0.25, -0.2) is 0 Å². The van der Waals surface area contributed by atoms with Crippen LogP contribution in [0.3, 0.4) is 0 Å². The molecule has 0 aliphatic heterocycles. The molecule has 1 atom stereocenters. The maximum atomic E-state index is 7.50. The Balaban J connectivity index is -0.000000162. The van der Waals surface area contributed by atoms with Gasteiger partial charge in [-0.2, -0.15) is 0 Å². The van der Waals surface area contributed by atoms with Crippen LogP contribution in [0.4, 0.5) is 0 Å². The van der Waals surface area contributed by atoms with Crippen LogP contribution < -0.4 is 0 Å². The van der Waals surface area contributed by atoms with Crippen molar-refractivity contribution in [3.05, 3.63) is 55.8 Å². The van der Waals surface area contributed by atoms with Crippen LogP contribution in [0.5, 0.6) is 0 Å². The van der Waals surface area contributed by atoms with E-state index >= 15 is 0 Å². The molecule has 0 heterocycles. The van der Waals surface area contributed by atoms with Gasteiger partial charge in [0.25, 0.3) is 0 Å². The van der Waals surface area contributed by atoms with E-state index < -0.39 is 8.32 Å². The molecule has 0 aliphatic rings. The Hall–Kier alpha value is -0.851. The fourth-order valence-electron chi connectivity index (χ4n) is 1.32. The second-order valence-corrected chi connectivity index (χ2v) is 8.74. The summed E-state index contributed by atoms with van der Waals surface area (Å²) in [5.74, 6) is 0. The van der Waals surface area contributed by atoms with Crippen LogP contribution in [0.1, 0.15) is 18.6 Å². The van der Waals surface area contributed by atoms with E-state index in [1.54, 1.807) is 0 Å². The molecule has 1 unspecified atom stereocenters. The van der Waals surface area contributed by atoms with Crippen LogP contribution in [0.2, 0.25) is 19.6 Å². The summed E-state index contributed by atoms with van der Waals surface area (Å²) in [6, 6.07) is 10.4. The molecule has 6 heteroatoms. The fraction of sp³-hybridized carbons (Fsp3) is 0.357. The van der Waals surface area contributed by atoms with Crippen LogP contribution in [-0.4, -0.2) is 8.32 Å². The average Bonchev–Trinajstić information content (AvgIpc) is 2.44. The quantitative estimate of drug-likeness (QED) is 0.475. The smallest absolute Gasteiger partial charge is 0 e. The van der Waals surface area contributed by atoms with E-state index in [9.17, 15) is 0 Å². The molecule has 0 aliphatic carbocycles. The molecule has 20 heavy (non-hydrogen) atoms. The molecule has 0 amide bonds. The Morgan fingerprint density at radius 3 is 1.55 bits per heavy atom. The predicted octanol–water partition coefficient (Wildman–Crippen LogP) is 3.48. The van der Waals surface area contributed by atoms with Crippen LogP contribution in [-0.2, 0) is 35.7 Å². The molecule has 0 bridgehead atoms. The monoisotopic (exact) mass is 330 g/mol. The summed E-state index contributed by atoms with van der Waals surface area (Å²) in [7, 11) is -1.40. The SMILES string of the molecule is CC(O[Si](C)(C)C)c1ccccc1.[C-]#[O+].[C-]#[O+].[C-]#[O+].[Cr]. The molecule has 0 N–H and O–H groups in total. The van der Waals surface area contributed by atoms with Gasteiger partial charge in [-0.05, 0) is 32.1 Å². The van der Waals surface area contributed by atoms with Crippen molar-refractivity contribution in [2.24, 2.45) is 0 Å².